The van der Waals surface area contributed by atoms with Crippen molar-refractivity contribution >= 4 is 28.0 Å². The molecule has 1 aromatic carbocycles. The number of carbonyl (C=O) groups excluding carboxylic acids is 2. The van der Waals surface area contributed by atoms with E-state index in [4.69, 9.17) is 0 Å². The number of rotatable bonds is 4. The number of anilines is 1. The van der Waals surface area contributed by atoms with Crippen molar-refractivity contribution in [3.05, 3.63) is 36.4 Å². The number of halogens is 1. The summed E-state index contributed by atoms with van der Waals surface area (Å²) in [5.41, 5.74) is 0.914. The Morgan fingerprint density at radius 2 is 1.70 bits per heavy atom. The van der Waals surface area contributed by atoms with Crippen LogP contribution in [0.2, 0.25) is 0 Å². The van der Waals surface area contributed by atoms with Crippen molar-refractivity contribution < 1.29 is 26.1 Å². The average molecular weight is 394 g/mol. The Bertz CT molecular complexity index is 895. The molecule has 0 unspecified atom stereocenters. The number of amides is 2. The minimum atomic E-state index is -5.04. The molecule has 0 aromatic heterocycles. The molecule has 2 amide bonds. The molecule has 3 aliphatic rings. The summed E-state index contributed by atoms with van der Waals surface area (Å²) in [6.45, 7) is 1.53. The summed E-state index contributed by atoms with van der Waals surface area (Å²) in [4.78, 5) is 27.0. The maximum absolute atomic E-state index is 12.7. The number of benzene rings is 1. The standard InChI is InChI=1S/C18H19FN2O5S/c19-27(24,25)26-15-3-1-2-13(10-15)20-8-6-18(7-9-20)11-14(12-18)21-16(22)4-5-17(21)23/h1-5,10,14H,6-9,11-12H2. The first-order valence-corrected chi connectivity index (χ1v) is 10.1. The summed E-state index contributed by atoms with van der Waals surface area (Å²) in [5, 5.41) is 0. The van der Waals surface area contributed by atoms with E-state index in [0.717, 1.165) is 44.5 Å². The Morgan fingerprint density at radius 3 is 2.30 bits per heavy atom. The van der Waals surface area contributed by atoms with Gasteiger partial charge in [0, 0.05) is 43.0 Å². The molecule has 1 spiro atoms. The smallest absolute Gasteiger partial charge is 0.371 e. The van der Waals surface area contributed by atoms with Gasteiger partial charge in [0.25, 0.3) is 11.8 Å². The molecule has 2 fully saturated rings. The van der Waals surface area contributed by atoms with Crippen molar-refractivity contribution in [1.82, 2.24) is 4.90 Å². The van der Waals surface area contributed by atoms with Gasteiger partial charge in [-0.2, -0.15) is 8.42 Å². The maximum atomic E-state index is 12.7. The zero-order valence-electron chi connectivity index (χ0n) is 14.5. The second-order valence-electron chi connectivity index (χ2n) is 7.40. The summed E-state index contributed by atoms with van der Waals surface area (Å²) in [6.07, 6.45) is 6.12. The van der Waals surface area contributed by atoms with Crippen molar-refractivity contribution in [2.24, 2.45) is 5.41 Å². The van der Waals surface area contributed by atoms with Crippen LogP contribution in [-0.4, -0.2) is 44.3 Å². The highest BCUT2D eigenvalue weighted by Crippen LogP contribution is 2.51. The lowest BCUT2D eigenvalue weighted by Crippen LogP contribution is -2.56. The maximum Gasteiger partial charge on any atom is 0.488 e. The summed E-state index contributed by atoms with van der Waals surface area (Å²) in [5.74, 6) is -0.508. The van der Waals surface area contributed by atoms with E-state index in [1.54, 1.807) is 6.07 Å². The van der Waals surface area contributed by atoms with Crippen molar-refractivity contribution in [1.29, 1.82) is 0 Å². The topological polar surface area (TPSA) is 84.0 Å². The summed E-state index contributed by atoms with van der Waals surface area (Å²) < 4.78 is 38.3. The van der Waals surface area contributed by atoms with E-state index in [9.17, 15) is 21.9 Å². The highest BCUT2D eigenvalue weighted by Gasteiger charge is 2.50. The van der Waals surface area contributed by atoms with E-state index >= 15 is 0 Å². The van der Waals surface area contributed by atoms with Gasteiger partial charge >= 0.3 is 10.5 Å². The van der Waals surface area contributed by atoms with Crippen molar-refractivity contribution in [3.63, 3.8) is 0 Å². The van der Waals surface area contributed by atoms with Crippen molar-refractivity contribution in [2.75, 3.05) is 18.0 Å². The predicted octanol–water partition coefficient (Wildman–Crippen LogP) is 1.95. The molecule has 1 saturated carbocycles. The van der Waals surface area contributed by atoms with Crippen LogP contribution in [-0.2, 0) is 20.1 Å². The normalized spacial score (nSPS) is 22.4. The van der Waals surface area contributed by atoms with Gasteiger partial charge in [0.15, 0.2) is 0 Å². The summed E-state index contributed by atoms with van der Waals surface area (Å²) in [7, 11) is -5.04. The zero-order valence-corrected chi connectivity index (χ0v) is 15.3. The molecule has 144 valence electrons. The van der Waals surface area contributed by atoms with Crippen LogP contribution in [0.5, 0.6) is 5.75 Å². The molecule has 4 rings (SSSR count). The van der Waals surface area contributed by atoms with Gasteiger partial charge in [-0.1, -0.05) is 9.95 Å². The van der Waals surface area contributed by atoms with Crippen molar-refractivity contribution in [3.8, 4) is 5.75 Å². The van der Waals surface area contributed by atoms with E-state index < -0.39 is 10.5 Å². The van der Waals surface area contributed by atoms with Crippen LogP contribution in [0.25, 0.3) is 0 Å². The van der Waals surface area contributed by atoms with E-state index in [2.05, 4.69) is 9.08 Å². The van der Waals surface area contributed by atoms with Crippen LogP contribution in [0.3, 0.4) is 0 Å². The molecule has 1 aliphatic carbocycles. The van der Waals surface area contributed by atoms with Crippen LogP contribution >= 0.6 is 0 Å². The predicted molar refractivity (Wildman–Crippen MR) is 95.0 cm³/mol. The Morgan fingerprint density at radius 1 is 1.07 bits per heavy atom. The van der Waals surface area contributed by atoms with Gasteiger partial charge in [-0.25, -0.2) is 0 Å². The molecule has 0 radical (unpaired) electrons. The minimum absolute atomic E-state index is 0.0157. The van der Waals surface area contributed by atoms with Crippen LogP contribution in [0.15, 0.2) is 36.4 Å². The number of imide groups is 1. The number of hydrogen-bond acceptors (Lipinski definition) is 6. The number of piperidine rings is 1. The first kappa shape index (κ1) is 18.0. The molecule has 1 saturated heterocycles. The SMILES string of the molecule is O=C1C=CC(=O)N1C1CC2(CCN(c3cccc(OS(=O)(=O)F)c3)CC2)C1. The highest BCUT2D eigenvalue weighted by atomic mass is 32.3. The molecule has 2 heterocycles. The largest absolute Gasteiger partial charge is 0.488 e. The Hall–Kier alpha value is -2.42. The van der Waals surface area contributed by atoms with Gasteiger partial charge in [-0.05, 0) is 43.2 Å². The number of nitrogens with zero attached hydrogens (tertiary/aromatic N) is 2. The lowest BCUT2D eigenvalue weighted by atomic mass is 9.60. The second kappa shape index (κ2) is 6.33. The van der Waals surface area contributed by atoms with Crippen LogP contribution in [0.4, 0.5) is 9.57 Å². The third kappa shape index (κ3) is 3.55. The third-order valence-electron chi connectivity index (χ3n) is 5.75. The molecule has 1 aromatic rings. The minimum Gasteiger partial charge on any atom is -0.371 e. The molecule has 7 nitrogen and oxygen atoms in total. The van der Waals surface area contributed by atoms with Gasteiger partial charge < -0.3 is 9.08 Å². The third-order valence-corrected chi connectivity index (χ3v) is 6.14. The monoisotopic (exact) mass is 394 g/mol. The fourth-order valence-electron chi connectivity index (χ4n) is 4.39. The van der Waals surface area contributed by atoms with E-state index in [1.165, 1.54) is 29.2 Å². The van der Waals surface area contributed by atoms with Gasteiger partial charge in [-0.15, -0.1) is 0 Å². The fourth-order valence-corrected chi connectivity index (χ4v) is 4.72. The Labute approximate surface area is 156 Å². The van der Waals surface area contributed by atoms with Crippen LogP contribution in [0.1, 0.15) is 25.7 Å². The molecule has 0 bridgehead atoms. The Kier molecular flexibility index (Phi) is 4.21. The second-order valence-corrected chi connectivity index (χ2v) is 8.36. The molecule has 0 atom stereocenters. The summed E-state index contributed by atoms with van der Waals surface area (Å²) >= 11 is 0. The highest BCUT2D eigenvalue weighted by molar-refractivity contribution is 7.81. The lowest BCUT2D eigenvalue weighted by Gasteiger charge is -2.54. The average Bonchev–Trinajstić information content (AvgIpc) is 2.90. The van der Waals surface area contributed by atoms with Gasteiger partial charge in [0.1, 0.15) is 5.75 Å². The molecular formula is C18H19FN2O5S. The molecular weight excluding hydrogens is 375 g/mol. The van der Waals surface area contributed by atoms with E-state index in [0.29, 0.717) is 0 Å². The first-order valence-electron chi connectivity index (χ1n) is 8.79. The summed E-state index contributed by atoms with van der Waals surface area (Å²) in [6, 6.07) is 6.33. The van der Waals surface area contributed by atoms with E-state index in [-0.39, 0.29) is 29.0 Å². The number of carbonyl (C=O) groups is 2. The fraction of sp³-hybridized carbons (Fsp3) is 0.444. The molecule has 27 heavy (non-hydrogen) atoms. The molecule has 2 aliphatic heterocycles. The zero-order chi connectivity index (χ0) is 19.2. The van der Waals surface area contributed by atoms with Crippen LogP contribution in [0, 0.1) is 5.41 Å². The number of hydrogen-bond donors (Lipinski definition) is 0. The van der Waals surface area contributed by atoms with Gasteiger partial charge in [-0.3, -0.25) is 14.5 Å². The quantitative estimate of drug-likeness (QED) is 0.573. The van der Waals surface area contributed by atoms with Gasteiger partial charge in [0.05, 0.1) is 0 Å². The first-order chi connectivity index (χ1) is 12.7. The van der Waals surface area contributed by atoms with E-state index in [1.807, 2.05) is 6.07 Å². The molecule has 9 heteroatoms. The van der Waals surface area contributed by atoms with Crippen LogP contribution < -0.4 is 9.08 Å². The lowest BCUT2D eigenvalue weighted by molar-refractivity contribution is -0.145. The van der Waals surface area contributed by atoms with Crippen molar-refractivity contribution in [2.45, 2.75) is 31.7 Å². The van der Waals surface area contributed by atoms with Gasteiger partial charge in [0.2, 0.25) is 0 Å². The molecule has 0 N–H and O–H groups in total. The Balaban J connectivity index is 1.36.